The summed E-state index contributed by atoms with van der Waals surface area (Å²) in [5.74, 6) is -2.87. The van der Waals surface area contributed by atoms with Crippen molar-refractivity contribution in [3.63, 3.8) is 0 Å². The number of hydrogen-bond donors (Lipinski definition) is 2. The van der Waals surface area contributed by atoms with E-state index in [2.05, 4.69) is 10.1 Å². The van der Waals surface area contributed by atoms with Crippen molar-refractivity contribution < 1.29 is 36.7 Å². The quantitative estimate of drug-likeness (QED) is 0.685. The summed E-state index contributed by atoms with van der Waals surface area (Å²) in [6.45, 7) is -0.695. The van der Waals surface area contributed by atoms with Crippen molar-refractivity contribution in [2.24, 2.45) is 5.14 Å². The summed E-state index contributed by atoms with van der Waals surface area (Å²) in [6, 6.07) is 8.13. The Morgan fingerprint density at radius 2 is 1.81 bits per heavy atom. The number of carbonyl (C=O) groups excluding carboxylic acids is 3. The van der Waals surface area contributed by atoms with Gasteiger partial charge in [0.15, 0.2) is 6.61 Å². The summed E-state index contributed by atoms with van der Waals surface area (Å²) >= 11 is 0. The van der Waals surface area contributed by atoms with E-state index in [1.807, 2.05) is 0 Å². The van der Waals surface area contributed by atoms with Gasteiger partial charge in [-0.2, -0.15) is 0 Å². The van der Waals surface area contributed by atoms with Crippen molar-refractivity contribution in [1.29, 1.82) is 0 Å². The van der Waals surface area contributed by atoms with Gasteiger partial charge in [-0.15, -0.1) is 0 Å². The second kappa shape index (κ2) is 7.80. The molecule has 2 rings (SSSR count). The number of para-hydroxylation sites is 1. The first-order valence-corrected chi connectivity index (χ1v) is 8.54. The lowest BCUT2D eigenvalue weighted by Gasteiger charge is -2.09. The van der Waals surface area contributed by atoms with Gasteiger partial charge in [0.1, 0.15) is 0 Å². The van der Waals surface area contributed by atoms with Crippen LogP contribution in [-0.4, -0.2) is 40.0 Å². The van der Waals surface area contributed by atoms with Crippen molar-refractivity contribution in [3.05, 3.63) is 47.7 Å². The number of nitrogens with two attached hydrogens (primary N) is 1. The molecule has 0 saturated heterocycles. The van der Waals surface area contributed by atoms with E-state index < -0.39 is 45.3 Å². The maximum Gasteiger partial charge on any atom is 0.374 e. The third kappa shape index (κ3) is 4.68. The van der Waals surface area contributed by atoms with E-state index >= 15 is 0 Å². The van der Waals surface area contributed by atoms with Gasteiger partial charge in [-0.05, 0) is 24.3 Å². The van der Waals surface area contributed by atoms with Crippen LogP contribution < -0.4 is 10.5 Å². The zero-order valence-corrected chi connectivity index (χ0v) is 14.2. The van der Waals surface area contributed by atoms with Crippen LogP contribution in [0, 0.1) is 0 Å². The van der Waals surface area contributed by atoms with Gasteiger partial charge in [0, 0.05) is 0 Å². The third-order valence-corrected chi connectivity index (χ3v) is 3.78. The summed E-state index contributed by atoms with van der Waals surface area (Å²) in [4.78, 5) is 35.3. The number of esters is 2. The van der Waals surface area contributed by atoms with Gasteiger partial charge in [0.05, 0.1) is 18.4 Å². The lowest BCUT2D eigenvalue weighted by molar-refractivity contribution is -0.119. The van der Waals surface area contributed by atoms with Gasteiger partial charge < -0.3 is 19.2 Å². The fourth-order valence-electron chi connectivity index (χ4n) is 1.85. The Kier molecular flexibility index (Phi) is 5.75. The Bertz CT molecular complexity index is 948. The molecule has 1 aromatic heterocycles. The molecule has 0 saturated carbocycles. The van der Waals surface area contributed by atoms with Crippen molar-refractivity contribution in [1.82, 2.24) is 0 Å². The molecule has 0 fully saturated rings. The zero-order valence-electron chi connectivity index (χ0n) is 13.4. The molecule has 0 spiro atoms. The van der Waals surface area contributed by atoms with Crippen LogP contribution in [0.1, 0.15) is 20.9 Å². The minimum Gasteiger partial charge on any atom is -0.465 e. The van der Waals surface area contributed by atoms with Gasteiger partial charge in [-0.3, -0.25) is 4.79 Å². The molecule has 0 aliphatic carbocycles. The Morgan fingerprint density at radius 3 is 2.42 bits per heavy atom. The van der Waals surface area contributed by atoms with Gasteiger partial charge >= 0.3 is 11.9 Å². The van der Waals surface area contributed by atoms with E-state index in [1.165, 1.54) is 19.2 Å². The second-order valence-electron chi connectivity index (χ2n) is 4.83. The summed E-state index contributed by atoms with van der Waals surface area (Å²) in [5, 5.41) is 6.64. The highest BCUT2D eigenvalue weighted by Crippen LogP contribution is 2.16. The SMILES string of the molecule is COC(=O)c1ccccc1NC(=O)COC(=O)c1ccc(S(N)(=O)=O)o1. The van der Waals surface area contributed by atoms with Crippen LogP contribution in [0.3, 0.4) is 0 Å². The lowest BCUT2D eigenvalue weighted by Crippen LogP contribution is -2.22. The number of rotatable bonds is 6. The smallest absolute Gasteiger partial charge is 0.374 e. The van der Waals surface area contributed by atoms with Crippen LogP contribution in [0.15, 0.2) is 45.9 Å². The predicted octanol–water partition coefficient (Wildman–Crippen LogP) is 0.509. The molecule has 3 N–H and O–H groups in total. The molecule has 0 unspecified atom stereocenters. The molecule has 2 aromatic rings. The van der Waals surface area contributed by atoms with Crippen molar-refractivity contribution in [2.45, 2.75) is 5.09 Å². The monoisotopic (exact) mass is 382 g/mol. The summed E-state index contributed by atoms with van der Waals surface area (Å²) in [7, 11) is -2.90. The number of furan rings is 1. The molecule has 1 aromatic carbocycles. The Labute approximate surface area is 147 Å². The summed E-state index contributed by atoms with van der Waals surface area (Å²) < 4.78 is 36.2. The van der Waals surface area contributed by atoms with Gasteiger partial charge in [0.25, 0.3) is 15.9 Å². The van der Waals surface area contributed by atoms with Crippen molar-refractivity contribution in [3.8, 4) is 0 Å². The third-order valence-electron chi connectivity index (χ3n) is 3.00. The Morgan fingerprint density at radius 1 is 1.12 bits per heavy atom. The van der Waals surface area contributed by atoms with Gasteiger partial charge in [-0.1, -0.05) is 12.1 Å². The fraction of sp³-hybridized carbons (Fsp3) is 0.133. The fourth-order valence-corrected chi connectivity index (χ4v) is 2.32. The first kappa shape index (κ1) is 19.1. The highest BCUT2D eigenvalue weighted by atomic mass is 32.2. The van der Waals surface area contributed by atoms with Crippen LogP contribution in [0.25, 0.3) is 0 Å². The lowest BCUT2D eigenvalue weighted by atomic mass is 10.2. The highest BCUT2D eigenvalue weighted by molar-refractivity contribution is 7.89. The molecule has 138 valence electrons. The minimum absolute atomic E-state index is 0.124. The maximum atomic E-state index is 11.9. The molecular formula is C15H14N2O8S. The molecule has 0 bridgehead atoms. The molecule has 0 aliphatic heterocycles. The van der Waals surface area contributed by atoms with Crippen LogP contribution in [0.4, 0.5) is 5.69 Å². The number of sulfonamides is 1. The van der Waals surface area contributed by atoms with Crippen LogP contribution in [-0.2, 0) is 24.3 Å². The largest absolute Gasteiger partial charge is 0.465 e. The van der Waals surface area contributed by atoms with E-state index in [4.69, 9.17) is 14.3 Å². The molecule has 0 radical (unpaired) electrons. The molecule has 1 amide bonds. The number of anilines is 1. The Balaban J connectivity index is 1.98. The number of hydrogen-bond acceptors (Lipinski definition) is 8. The highest BCUT2D eigenvalue weighted by Gasteiger charge is 2.20. The van der Waals surface area contributed by atoms with E-state index in [0.717, 1.165) is 12.1 Å². The summed E-state index contributed by atoms with van der Waals surface area (Å²) in [6.07, 6.45) is 0. The minimum atomic E-state index is -4.10. The first-order chi connectivity index (χ1) is 12.2. The van der Waals surface area contributed by atoms with Crippen molar-refractivity contribution >= 4 is 33.6 Å². The van der Waals surface area contributed by atoms with Crippen LogP contribution in [0.5, 0.6) is 0 Å². The molecule has 1 heterocycles. The number of primary sulfonamides is 1. The number of ether oxygens (including phenoxy) is 2. The number of benzene rings is 1. The van der Waals surface area contributed by atoms with E-state index in [1.54, 1.807) is 12.1 Å². The molecule has 11 heteroatoms. The molecule has 0 atom stereocenters. The van der Waals surface area contributed by atoms with Gasteiger partial charge in [-0.25, -0.2) is 23.1 Å². The molecule has 26 heavy (non-hydrogen) atoms. The molecule has 10 nitrogen and oxygen atoms in total. The maximum absolute atomic E-state index is 11.9. The average Bonchev–Trinajstić information content (AvgIpc) is 3.10. The van der Waals surface area contributed by atoms with Crippen molar-refractivity contribution in [2.75, 3.05) is 19.0 Å². The van der Waals surface area contributed by atoms with Crippen LogP contribution in [0.2, 0.25) is 0 Å². The molecule has 0 aliphatic rings. The number of methoxy groups -OCH3 is 1. The molecular weight excluding hydrogens is 368 g/mol. The topological polar surface area (TPSA) is 155 Å². The second-order valence-corrected chi connectivity index (χ2v) is 6.32. The van der Waals surface area contributed by atoms with E-state index in [-0.39, 0.29) is 11.3 Å². The van der Waals surface area contributed by atoms with E-state index in [9.17, 15) is 22.8 Å². The van der Waals surface area contributed by atoms with Gasteiger partial charge in [0.2, 0.25) is 10.9 Å². The normalized spacial score (nSPS) is 10.8. The van der Waals surface area contributed by atoms with Crippen LogP contribution >= 0.6 is 0 Å². The average molecular weight is 382 g/mol. The first-order valence-electron chi connectivity index (χ1n) is 6.99. The summed E-state index contributed by atoms with van der Waals surface area (Å²) in [5.41, 5.74) is 0.299. The Hall–Kier alpha value is -3.18. The number of amides is 1. The number of carbonyl (C=O) groups is 3. The standard InChI is InChI=1S/C15H14N2O8S/c1-23-14(19)9-4-2-3-5-10(9)17-12(18)8-24-15(20)11-6-7-13(25-11)26(16,21)22/h2-7H,8H2,1H3,(H,17,18)(H2,16,21,22). The predicted molar refractivity (Wildman–Crippen MR) is 86.8 cm³/mol. The number of nitrogens with one attached hydrogen (secondary N) is 1. The van der Waals surface area contributed by atoms with E-state index in [0.29, 0.717) is 0 Å². The zero-order chi connectivity index (χ0) is 19.3.